The van der Waals surface area contributed by atoms with E-state index in [9.17, 15) is 9.59 Å². The van der Waals surface area contributed by atoms with E-state index in [1.54, 1.807) is 24.1 Å². The summed E-state index contributed by atoms with van der Waals surface area (Å²) in [6.07, 6.45) is 0.510. The van der Waals surface area contributed by atoms with Crippen LogP contribution in [0.2, 0.25) is 0 Å². The van der Waals surface area contributed by atoms with Crippen LogP contribution in [0.3, 0.4) is 0 Å². The van der Waals surface area contributed by atoms with Crippen molar-refractivity contribution in [2.24, 2.45) is 5.92 Å². The molecule has 0 saturated heterocycles. The Hall–Kier alpha value is -3.02. The third kappa shape index (κ3) is 7.02. The number of hydrogen-bond donors (Lipinski definition) is 1. The number of benzene rings is 2. The zero-order chi connectivity index (χ0) is 22.8. The van der Waals surface area contributed by atoms with Crippen LogP contribution in [0.25, 0.3) is 0 Å². The Morgan fingerprint density at radius 2 is 1.68 bits per heavy atom. The quantitative estimate of drug-likeness (QED) is 0.591. The topological polar surface area (TPSA) is 67.9 Å². The summed E-state index contributed by atoms with van der Waals surface area (Å²) in [5.41, 5.74) is 2.08. The Bertz CT molecular complexity index is 866. The molecule has 2 amide bonds. The molecular weight excluding hydrogens is 392 g/mol. The van der Waals surface area contributed by atoms with Gasteiger partial charge in [0.15, 0.2) is 18.1 Å². The molecule has 0 aliphatic rings. The van der Waals surface area contributed by atoms with Crippen molar-refractivity contribution in [3.63, 3.8) is 0 Å². The largest absolute Gasteiger partial charge is 0.493 e. The van der Waals surface area contributed by atoms with E-state index < -0.39 is 6.04 Å². The van der Waals surface area contributed by atoms with Crippen LogP contribution < -0.4 is 14.8 Å². The highest BCUT2D eigenvalue weighted by Crippen LogP contribution is 2.26. The molecule has 0 fully saturated rings. The van der Waals surface area contributed by atoms with E-state index in [4.69, 9.17) is 9.47 Å². The molecule has 6 nitrogen and oxygen atoms in total. The van der Waals surface area contributed by atoms with Crippen molar-refractivity contribution in [1.29, 1.82) is 0 Å². The smallest absolute Gasteiger partial charge is 0.261 e. The van der Waals surface area contributed by atoms with Crippen LogP contribution in [0, 0.1) is 12.8 Å². The first-order valence-corrected chi connectivity index (χ1v) is 10.7. The van der Waals surface area contributed by atoms with Crippen LogP contribution in [-0.2, 0) is 16.1 Å². The van der Waals surface area contributed by atoms with Gasteiger partial charge in [0.1, 0.15) is 6.04 Å². The van der Waals surface area contributed by atoms with Crippen LogP contribution in [0.4, 0.5) is 0 Å². The molecular formula is C25H34N2O4. The third-order valence-corrected chi connectivity index (χ3v) is 5.09. The number of ether oxygens (including phenoxy) is 2. The lowest BCUT2D eigenvalue weighted by molar-refractivity contribution is -0.143. The average Bonchev–Trinajstić information content (AvgIpc) is 2.77. The van der Waals surface area contributed by atoms with Gasteiger partial charge in [-0.1, -0.05) is 57.2 Å². The summed E-state index contributed by atoms with van der Waals surface area (Å²) in [7, 11) is 1.56. The Morgan fingerprint density at radius 1 is 1.03 bits per heavy atom. The van der Waals surface area contributed by atoms with Crippen LogP contribution in [0.15, 0.2) is 48.5 Å². The minimum atomic E-state index is -0.577. The lowest BCUT2D eigenvalue weighted by Gasteiger charge is -2.31. The number of amides is 2. The Labute approximate surface area is 185 Å². The molecule has 0 radical (unpaired) electrons. The van der Waals surface area contributed by atoms with Crippen molar-refractivity contribution in [2.75, 3.05) is 20.3 Å². The molecule has 0 heterocycles. The van der Waals surface area contributed by atoms with Gasteiger partial charge in [0.2, 0.25) is 5.91 Å². The predicted molar refractivity (Wildman–Crippen MR) is 122 cm³/mol. The highest BCUT2D eigenvalue weighted by molar-refractivity contribution is 5.88. The summed E-state index contributed by atoms with van der Waals surface area (Å²) in [5.74, 6) is 0.987. The van der Waals surface area contributed by atoms with Crippen LogP contribution >= 0.6 is 0 Å². The van der Waals surface area contributed by atoms with E-state index in [-0.39, 0.29) is 18.4 Å². The molecule has 0 aliphatic carbocycles. The molecule has 2 aromatic rings. The number of nitrogens with one attached hydrogen (secondary N) is 1. The average molecular weight is 427 g/mol. The lowest BCUT2D eigenvalue weighted by Crippen LogP contribution is -2.50. The van der Waals surface area contributed by atoms with Gasteiger partial charge in [-0.15, -0.1) is 0 Å². The van der Waals surface area contributed by atoms with Crippen LogP contribution in [-0.4, -0.2) is 43.0 Å². The van der Waals surface area contributed by atoms with Gasteiger partial charge < -0.3 is 19.7 Å². The van der Waals surface area contributed by atoms with Gasteiger partial charge in [-0.25, -0.2) is 0 Å². The van der Waals surface area contributed by atoms with Gasteiger partial charge in [-0.2, -0.15) is 0 Å². The van der Waals surface area contributed by atoms with E-state index in [2.05, 4.69) is 5.32 Å². The van der Waals surface area contributed by atoms with E-state index in [1.807, 2.05) is 64.1 Å². The SMILES string of the molecule is CCC(C(=O)NCC(C)C)N(Cc1ccccc1C)C(=O)COc1ccccc1OC. The molecule has 0 aromatic heterocycles. The first-order valence-electron chi connectivity index (χ1n) is 10.7. The van der Waals surface area contributed by atoms with Gasteiger partial charge in [-0.3, -0.25) is 9.59 Å². The van der Waals surface area contributed by atoms with Gasteiger partial charge in [0.05, 0.1) is 7.11 Å². The van der Waals surface area contributed by atoms with Crippen molar-refractivity contribution >= 4 is 11.8 Å². The zero-order valence-corrected chi connectivity index (χ0v) is 19.2. The number of para-hydroxylation sites is 2. The monoisotopic (exact) mass is 426 g/mol. The molecule has 2 rings (SSSR count). The van der Waals surface area contributed by atoms with Crippen molar-refractivity contribution in [1.82, 2.24) is 10.2 Å². The highest BCUT2D eigenvalue weighted by Gasteiger charge is 2.29. The molecule has 168 valence electrons. The van der Waals surface area contributed by atoms with Crippen molar-refractivity contribution < 1.29 is 19.1 Å². The highest BCUT2D eigenvalue weighted by atomic mass is 16.5. The fourth-order valence-corrected chi connectivity index (χ4v) is 3.27. The summed E-state index contributed by atoms with van der Waals surface area (Å²) in [6, 6.07) is 14.5. The summed E-state index contributed by atoms with van der Waals surface area (Å²) < 4.78 is 11.1. The second-order valence-electron chi connectivity index (χ2n) is 7.95. The summed E-state index contributed by atoms with van der Waals surface area (Å²) >= 11 is 0. The predicted octanol–water partition coefficient (Wildman–Crippen LogP) is 3.96. The second-order valence-corrected chi connectivity index (χ2v) is 7.95. The minimum absolute atomic E-state index is 0.143. The Balaban J connectivity index is 2.23. The maximum absolute atomic E-state index is 13.3. The number of hydrogen-bond acceptors (Lipinski definition) is 4. The van der Waals surface area contributed by atoms with Crippen LogP contribution in [0.5, 0.6) is 11.5 Å². The number of methoxy groups -OCH3 is 1. The molecule has 1 unspecified atom stereocenters. The maximum Gasteiger partial charge on any atom is 0.261 e. The fraction of sp³-hybridized carbons (Fsp3) is 0.440. The standard InChI is InChI=1S/C25H34N2O4/c1-6-21(25(29)26-15-18(2)3)27(16-20-12-8-7-11-19(20)4)24(28)17-31-23-14-10-9-13-22(23)30-5/h7-14,18,21H,6,15-17H2,1-5H3,(H,26,29). The normalized spacial score (nSPS) is 11.7. The third-order valence-electron chi connectivity index (χ3n) is 5.09. The molecule has 31 heavy (non-hydrogen) atoms. The summed E-state index contributed by atoms with van der Waals surface area (Å²) in [6.45, 7) is 8.73. The fourth-order valence-electron chi connectivity index (χ4n) is 3.27. The molecule has 0 saturated carbocycles. The number of carbonyl (C=O) groups excluding carboxylic acids is 2. The van der Waals surface area contributed by atoms with Gasteiger partial charge in [0, 0.05) is 13.1 Å². The van der Waals surface area contributed by atoms with Gasteiger partial charge >= 0.3 is 0 Å². The van der Waals surface area contributed by atoms with E-state index >= 15 is 0 Å². The molecule has 1 atom stereocenters. The first-order chi connectivity index (χ1) is 14.9. The molecule has 0 aliphatic heterocycles. The number of carbonyl (C=O) groups is 2. The van der Waals surface area contributed by atoms with Gasteiger partial charge in [0.25, 0.3) is 5.91 Å². The molecule has 1 N–H and O–H groups in total. The maximum atomic E-state index is 13.3. The number of nitrogens with zero attached hydrogens (tertiary/aromatic N) is 1. The molecule has 0 bridgehead atoms. The Morgan fingerprint density at radius 3 is 2.29 bits per heavy atom. The first kappa shape index (κ1) is 24.3. The summed E-state index contributed by atoms with van der Waals surface area (Å²) in [4.78, 5) is 27.8. The van der Waals surface area contributed by atoms with Crippen molar-refractivity contribution in [3.8, 4) is 11.5 Å². The molecule has 0 spiro atoms. The van der Waals surface area contributed by atoms with E-state index in [0.717, 1.165) is 11.1 Å². The minimum Gasteiger partial charge on any atom is -0.493 e. The number of rotatable bonds is 11. The Kier molecular flexibility index (Phi) is 9.38. The van der Waals surface area contributed by atoms with Crippen molar-refractivity contribution in [2.45, 2.75) is 46.7 Å². The second kappa shape index (κ2) is 12.0. The van der Waals surface area contributed by atoms with E-state index in [0.29, 0.717) is 36.9 Å². The number of aryl methyl sites for hydroxylation is 1. The molecule has 2 aromatic carbocycles. The summed E-state index contributed by atoms with van der Waals surface area (Å²) in [5, 5.41) is 2.97. The zero-order valence-electron chi connectivity index (χ0n) is 19.2. The van der Waals surface area contributed by atoms with Crippen molar-refractivity contribution in [3.05, 3.63) is 59.7 Å². The molecule has 6 heteroatoms. The lowest BCUT2D eigenvalue weighted by atomic mass is 10.1. The van der Waals surface area contributed by atoms with E-state index in [1.165, 1.54) is 0 Å². The van der Waals surface area contributed by atoms with Gasteiger partial charge in [-0.05, 0) is 42.5 Å². The van der Waals surface area contributed by atoms with Crippen LogP contribution in [0.1, 0.15) is 38.3 Å².